The van der Waals surface area contributed by atoms with Crippen LogP contribution in [0.2, 0.25) is 10.0 Å². The Balaban J connectivity index is 1.33. The molecule has 1 amide bonds. The molecule has 1 fully saturated rings. The number of amides is 1. The molecule has 0 radical (unpaired) electrons. The van der Waals surface area contributed by atoms with Gasteiger partial charge in [0.05, 0.1) is 38.1 Å². The fraction of sp³-hybridized carbons (Fsp3) is 0.129. The molecule has 0 spiro atoms. The van der Waals surface area contributed by atoms with Gasteiger partial charge in [0, 0.05) is 15.6 Å². The second-order valence-corrected chi connectivity index (χ2v) is 10.8. The molecule has 1 aliphatic heterocycles. The first-order valence-electron chi connectivity index (χ1n) is 12.7. The van der Waals surface area contributed by atoms with Gasteiger partial charge in [-0.25, -0.2) is 0 Å². The van der Waals surface area contributed by atoms with Crippen LogP contribution in [0, 0.1) is 0 Å². The van der Waals surface area contributed by atoms with E-state index in [1.165, 1.54) is 16.7 Å². The van der Waals surface area contributed by atoms with E-state index >= 15 is 0 Å². The predicted octanol–water partition coefficient (Wildman–Crippen LogP) is 7.69. The summed E-state index contributed by atoms with van der Waals surface area (Å²) < 4.78 is 22.1. The average molecular weight is 623 g/mol. The molecular formula is C31H25Cl2N3O5S. The number of rotatable bonds is 10. The van der Waals surface area contributed by atoms with Gasteiger partial charge in [0.15, 0.2) is 16.7 Å². The van der Waals surface area contributed by atoms with E-state index in [4.69, 9.17) is 41.8 Å². The maximum absolute atomic E-state index is 13.3. The number of hydrogen-bond donors (Lipinski definition) is 0. The van der Waals surface area contributed by atoms with Crippen molar-refractivity contribution in [2.45, 2.75) is 13.2 Å². The number of hydrogen-bond acceptors (Lipinski definition) is 8. The Morgan fingerprint density at radius 2 is 1.76 bits per heavy atom. The summed E-state index contributed by atoms with van der Waals surface area (Å²) in [6.45, 7) is 0.473. The number of carbonyl (C=O) groups is 1. The first-order chi connectivity index (χ1) is 20.4. The number of amidine groups is 1. The number of carbonyl (C=O) groups excluding carboxylic acids is 1. The van der Waals surface area contributed by atoms with Gasteiger partial charge >= 0.3 is 0 Å². The Hall–Kier alpha value is -4.18. The van der Waals surface area contributed by atoms with E-state index in [-0.39, 0.29) is 19.1 Å². The SMILES string of the molecule is COc1ccc(/C=C2\S/C(=N\N=C\c3ccc(OCc4ccc(Cl)cc4Cl)c(OC)c3)N(Cc3ccco3)C2=O)cc1. The van der Waals surface area contributed by atoms with Gasteiger partial charge in [-0.1, -0.05) is 41.4 Å². The maximum Gasteiger partial charge on any atom is 0.267 e. The zero-order chi connectivity index (χ0) is 29.5. The van der Waals surface area contributed by atoms with Crippen LogP contribution in [0.3, 0.4) is 0 Å². The van der Waals surface area contributed by atoms with Crippen LogP contribution in [0.25, 0.3) is 6.08 Å². The van der Waals surface area contributed by atoms with Gasteiger partial charge in [0.25, 0.3) is 5.91 Å². The van der Waals surface area contributed by atoms with Crippen molar-refractivity contribution in [3.8, 4) is 17.2 Å². The van der Waals surface area contributed by atoms with Crippen LogP contribution < -0.4 is 14.2 Å². The van der Waals surface area contributed by atoms with Crippen LogP contribution in [0.1, 0.15) is 22.5 Å². The van der Waals surface area contributed by atoms with Gasteiger partial charge in [-0.3, -0.25) is 9.69 Å². The van der Waals surface area contributed by atoms with Crippen LogP contribution in [-0.2, 0) is 17.9 Å². The first kappa shape index (κ1) is 29.3. The molecule has 0 atom stereocenters. The van der Waals surface area contributed by atoms with E-state index in [0.29, 0.717) is 37.4 Å². The Labute approximate surface area is 257 Å². The molecule has 0 unspecified atom stereocenters. The van der Waals surface area contributed by atoms with Gasteiger partial charge in [0.2, 0.25) is 0 Å². The second kappa shape index (κ2) is 13.7. The zero-order valence-electron chi connectivity index (χ0n) is 22.6. The number of thioether (sulfide) groups is 1. The number of nitrogens with zero attached hydrogens (tertiary/aromatic N) is 3. The number of furan rings is 1. The molecule has 42 heavy (non-hydrogen) atoms. The molecule has 214 valence electrons. The number of ether oxygens (including phenoxy) is 3. The Morgan fingerprint density at radius 1 is 0.952 bits per heavy atom. The standard InChI is InChI=1S/C31H25Cl2N3O5S/c1-38-24-10-5-20(6-11-24)15-29-30(37)36(18-25-4-3-13-40-25)31(42-29)35-34-17-21-7-12-27(28(14-21)39-2)41-19-22-8-9-23(32)16-26(22)33/h3-17H,18-19H2,1-2H3/b29-15-,34-17+,35-31-. The lowest BCUT2D eigenvalue weighted by Crippen LogP contribution is -2.28. The van der Waals surface area contributed by atoms with Gasteiger partial charge in [-0.15, -0.1) is 5.10 Å². The lowest BCUT2D eigenvalue weighted by Gasteiger charge is -2.13. The summed E-state index contributed by atoms with van der Waals surface area (Å²) in [7, 11) is 3.17. The highest BCUT2D eigenvalue weighted by atomic mass is 35.5. The quantitative estimate of drug-likeness (QED) is 0.102. The molecule has 5 rings (SSSR count). The number of halogens is 2. The van der Waals surface area contributed by atoms with Crippen LogP contribution in [0.15, 0.2) is 98.6 Å². The molecule has 3 aromatic carbocycles. The minimum atomic E-state index is -0.190. The zero-order valence-corrected chi connectivity index (χ0v) is 24.9. The largest absolute Gasteiger partial charge is 0.497 e. The van der Waals surface area contributed by atoms with Crippen molar-refractivity contribution in [3.63, 3.8) is 0 Å². The lowest BCUT2D eigenvalue weighted by molar-refractivity contribution is -0.122. The summed E-state index contributed by atoms with van der Waals surface area (Å²) in [6, 6.07) is 21.7. The first-order valence-corrected chi connectivity index (χ1v) is 14.2. The van der Waals surface area contributed by atoms with Gasteiger partial charge in [0.1, 0.15) is 18.1 Å². The Bertz CT molecular complexity index is 1650. The minimum Gasteiger partial charge on any atom is -0.497 e. The second-order valence-electron chi connectivity index (χ2n) is 8.92. The molecule has 0 N–H and O–H groups in total. The molecule has 1 saturated heterocycles. The monoisotopic (exact) mass is 621 g/mol. The summed E-state index contributed by atoms with van der Waals surface area (Å²) >= 11 is 13.5. The molecule has 4 aromatic rings. The summed E-state index contributed by atoms with van der Waals surface area (Å²) in [5.41, 5.74) is 2.39. The van der Waals surface area contributed by atoms with E-state index in [2.05, 4.69) is 10.2 Å². The van der Waals surface area contributed by atoms with Crippen molar-refractivity contribution in [2.75, 3.05) is 14.2 Å². The Kier molecular flexibility index (Phi) is 9.53. The molecule has 0 bridgehead atoms. The minimum absolute atomic E-state index is 0.190. The third-order valence-electron chi connectivity index (χ3n) is 6.13. The normalized spacial score (nSPS) is 15.2. The average Bonchev–Trinajstić information content (AvgIpc) is 3.62. The molecule has 0 saturated carbocycles. The molecule has 11 heteroatoms. The Morgan fingerprint density at radius 3 is 2.48 bits per heavy atom. The molecule has 8 nitrogen and oxygen atoms in total. The molecule has 1 aromatic heterocycles. The number of methoxy groups -OCH3 is 2. The van der Waals surface area contributed by atoms with Crippen LogP contribution in [0.4, 0.5) is 0 Å². The van der Waals surface area contributed by atoms with Crippen LogP contribution >= 0.6 is 35.0 Å². The smallest absolute Gasteiger partial charge is 0.267 e. The summed E-state index contributed by atoms with van der Waals surface area (Å²) in [6.07, 6.45) is 4.96. The lowest BCUT2D eigenvalue weighted by atomic mass is 10.2. The van der Waals surface area contributed by atoms with E-state index in [1.54, 1.807) is 63.1 Å². The van der Waals surface area contributed by atoms with E-state index in [1.807, 2.05) is 42.5 Å². The van der Waals surface area contributed by atoms with Gasteiger partial charge in [-0.05, 0) is 83.6 Å². The van der Waals surface area contributed by atoms with Crippen molar-refractivity contribution < 1.29 is 23.4 Å². The number of benzene rings is 3. The van der Waals surface area contributed by atoms with Crippen molar-refractivity contribution in [1.29, 1.82) is 0 Å². The van der Waals surface area contributed by atoms with Crippen molar-refractivity contribution in [1.82, 2.24) is 4.90 Å². The highest BCUT2D eigenvalue weighted by Gasteiger charge is 2.34. The fourth-order valence-electron chi connectivity index (χ4n) is 3.95. The summed E-state index contributed by atoms with van der Waals surface area (Å²) in [5.74, 6) is 2.24. The molecular weight excluding hydrogens is 597 g/mol. The molecule has 0 aliphatic carbocycles. The van der Waals surface area contributed by atoms with Gasteiger partial charge < -0.3 is 18.6 Å². The van der Waals surface area contributed by atoms with E-state index in [9.17, 15) is 4.79 Å². The van der Waals surface area contributed by atoms with Crippen LogP contribution in [-0.4, -0.2) is 36.4 Å². The third-order valence-corrected chi connectivity index (χ3v) is 7.72. The summed E-state index contributed by atoms with van der Waals surface area (Å²) in [4.78, 5) is 15.4. The molecule has 2 heterocycles. The van der Waals surface area contributed by atoms with Crippen molar-refractivity contribution >= 4 is 58.3 Å². The predicted molar refractivity (Wildman–Crippen MR) is 167 cm³/mol. The van der Waals surface area contributed by atoms with E-state index in [0.717, 1.165) is 22.4 Å². The van der Waals surface area contributed by atoms with E-state index < -0.39 is 0 Å². The molecule has 1 aliphatic rings. The third kappa shape index (κ3) is 7.17. The van der Waals surface area contributed by atoms with Gasteiger partial charge in [-0.2, -0.15) is 5.10 Å². The van der Waals surface area contributed by atoms with Crippen molar-refractivity contribution in [2.24, 2.45) is 10.2 Å². The maximum atomic E-state index is 13.3. The van der Waals surface area contributed by atoms with Crippen LogP contribution in [0.5, 0.6) is 17.2 Å². The summed E-state index contributed by atoms with van der Waals surface area (Å²) in [5, 5.41) is 10.2. The highest BCUT2D eigenvalue weighted by Crippen LogP contribution is 2.34. The topological polar surface area (TPSA) is 85.9 Å². The van der Waals surface area contributed by atoms with Crippen molar-refractivity contribution in [3.05, 3.63) is 116 Å². The fourth-order valence-corrected chi connectivity index (χ4v) is 5.35. The highest BCUT2D eigenvalue weighted by molar-refractivity contribution is 8.18.